The van der Waals surface area contributed by atoms with E-state index in [1.165, 1.54) is 5.56 Å². The highest BCUT2D eigenvalue weighted by atomic mass is 35.5. The zero-order chi connectivity index (χ0) is 11.3. The average Bonchev–Trinajstić information content (AvgIpc) is 2.16. The van der Waals surface area contributed by atoms with Crippen LogP contribution < -0.4 is 10.5 Å². The molecule has 1 atom stereocenters. The van der Waals surface area contributed by atoms with Gasteiger partial charge in [0.1, 0.15) is 5.75 Å². The van der Waals surface area contributed by atoms with Crippen LogP contribution in [0.4, 0.5) is 0 Å². The van der Waals surface area contributed by atoms with Crippen molar-refractivity contribution in [2.45, 2.75) is 19.5 Å². The zero-order valence-electron chi connectivity index (χ0n) is 10.1. The Balaban J connectivity index is 0.00000225. The normalized spacial score (nSPS) is 12.1. The fourth-order valence-corrected chi connectivity index (χ4v) is 1.64. The Morgan fingerprint density at radius 3 is 2.69 bits per heavy atom. The van der Waals surface area contributed by atoms with E-state index >= 15 is 0 Å². The number of nitrogens with two attached hydrogens (primary N) is 1. The van der Waals surface area contributed by atoms with Crippen LogP contribution in [0, 0.1) is 0 Å². The molecule has 0 aliphatic heterocycles. The number of rotatable bonds is 5. The number of halogens is 1. The molecule has 0 fully saturated rings. The number of nitrogens with zero attached hydrogens (tertiary/aromatic N) is 1. The van der Waals surface area contributed by atoms with Crippen LogP contribution in [-0.4, -0.2) is 31.6 Å². The van der Waals surface area contributed by atoms with Crippen molar-refractivity contribution in [1.82, 2.24) is 4.90 Å². The molecule has 4 heteroatoms. The third kappa shape index (κ3) is 5.35. The van der Waals surface area contributed by atoms with Crippen LogP contribution >= 0.6 is 12.4 Å². The molecule has 1 aromatic rings. The largest absolute Gasteiger partial charge is 0.497 e. The molecule has 0 aromatic heterocycles. The van der Waals surface area contributed by atoms with E-state index in [1.54, 1.807) is 7.11 Å². The molecule has 0 heterocycles. The summed E-state index contributed by atoms with van der Waals surface area (Å²) in [7, 11) is 3.76. The Hall–Kier alpha value is -0.770. The topological polar surface area (TPSA) is 38.5 Å². The predicted octanol–water partition coefficient (Wildman–Crippen LogP) is 1.90. The molecule has 0 saturated heterocycles. The lowest BCUT2D eigenvalue weighted by Gasteiger charge is -2.19. The van der Waals surface area contributed by atoms with Crippen molar-refractivity contribution in [2.75, 3.05) is 20.7 Å². The van der Waals surface area contributed by atoms with Crippen molar-refractivity contribution in [3.63, 3.8) is 0 Å². The van der Waals surface area contributed by atoms with Gasteiger partial charge in [-0.05, 0) is 31.7 Å². The second-order valence-corrected chi connectivity index (χ2v) is 4.03. The van der Waals surface area contributed by atoms with Crippen molar-refractivity contribution in [3.05, 3.63) is 29.8 Å². The van der Waals surface area contributed by atoms with Gasteiger partial charge in [-0.15, -0.1) is 12.4 Å². The smallest absolute Gasteiger partial charge is 0.119 e. The lowest BCUT2D eigenvalue weighted by atomic mass is 10.2. The minimum absolute atomic E-state index is 0. The minimum Gasteiger partial charge on any atom is -0.497 e. The first-order chi connectivity index (χ1) is 7.11. The van der Waals surface area contributed by atoms with Gasteiger partial charge < -0.3 is 15.4 Å². The molecule has 0 aliphatic carbocycles. The van der Waals surface area contributed by atoms with E-state index in [0.717, 1.165) is 18.8 Å². The highest BCUT2D eigenvalue weighted by Crippen LogP contribution is 2.13. The van der Waals surface area contributed by atoms with Crippen molar-refractivity contribution < 1.29 is 4.74 Å². The summed E-state index contributed by atoms with van der Waals surface area (Å²) in [6, 6.07) is 8.32. The number of methoxy groups -OCH3 is 1. The van der Waals surface area contributed by atoms with Gasteiger partial charge in [0.25, 0.3) is 0 Å². The summed E-state index contributed by atoms with van der Waals surface area (Å²) in [4.78, 5) is 2.21. The van der Waals surface area contributed by atoms with E-state index in [4.69, 9.17) is 10.5 Å². The van der Waals surface area contributed by atoms with Crippen LogP contribution in [0.1, 0.15) is 12.5 Å². The van der Waals surface area contributed by atoms with Crippen molar-refractivity contribution >= 4 is 12.4 Å². The maximum atomic E-state index is 5.74. The number of ether oxygens (including phenoxy) is 1. The molecule has 1 rings (SSSR count). The summed E-state index contributed by atoms with van der Waals surface area (Å²) in [5, 5.41) is 0. The van der Waals surface area contributed by atoms with Crippen LogP contribution in [0.25, 0.3) is 0 Å². The maximum absolute atomic E-state index is 5.74. The van der Waals surface area contributed by atoms with Crippen molar-refractivity contribution in [2.24, 2.45) is 5.73 Å². The number of likely N-dealkylation sites (N-methyl/N-ethyl adjacent to an activating group) is 1. The van der Waals surface area contributed by atoms with Gasteiger partial charge in [0.15, 0.2) is 0 Å². The van der Waals surface area contributed by atoms with Gasteiger partial charge in [-0.2, -0.15) is 0 Å². The number of hydrogen-bond donors (Lipinski definition) is 1. The molecular weight excluding hydrogens is 224 g/mol. The number of hydrogen-bond acceptors (Lipinski definition) is 3. The summed E-state index contributed by atoms with van der Waals surface area (Å²) in [6.45, 7) is 3.82. The summed E-state index contributed by atoms with van der Waals surface area (Å²) in [6.07, 6.45) is 0. The lowest BCUT2D eigenvalue weighted by Crippen LogP contribution is -2.32. The summed E-state index contributed by atoms with van der Waals surface area (Å²) in [5.41, 5.74) is 6.98. The van der Waals surface area contributed by atoms with E-state index < -0.39 is 0 Å². The van der Waals surface area contributed by atoms with E-state index in [-0.39, 0.29) is 18.4 Å². The molecule has 1 unspecified atom stereocenters. The summed E-state index contributed by atoms with van der Waals surface area (Å²) in [5.74, 6) is 0.904. The van der Waals surface area contributed by atoms with E-state index in [0.29, 0.717) is 0 Å². The third-order valence-electron chi connectivity index (χ3n) is 2.19. The number of benzene rings is 1. The van der Waals surface area contributed by atoms with E-state index in [1.807, 2.05) is 19.1 Å². The maximum Gasteiger partial charge on any atom is 0.119 e. The fraction of sp³-hybridized carbons (Fsp3) is 0.500. The lowest BCUT2D eigenvalue weighted by molar-refractivity contribution is 0.309. The third-order valence-corrected chi connectivity index (χ3v) is 2.19. The van der Waals surface area contributed by atoms with Crippen molar-refractivity contribution in [1.29, 1.82) is 0 Å². The van der Waals surface area contributed by atoms with Crippen LogP contribution in [0.2, 0.25) is 0 Å². The average molecular weight is 245 g/mol. The highest BCUT2D eigenvalue weighted by Gasteiger charge is 2.03. The molecule has 2 N–H and O–H groups in total. The predicted molar refractivity (Wildman–Crippen MR) is 70.2 cm³/mol. The molecule has 1 aromatic carbocycles. The van der Waals surface area contributed by atoms with Crippen LogP contribution in [-0.2, 0) is 6.54 Å². The second-order valence-electron chi connectivity index (χ2n) is 4.03. The van der Waals surface area contributed by atoms with E-state index in [2.05, 4.69) is 24.1 Å². The first-order valence-corrected chi connectivity index (χ1v) is 5.19. The van der Waals surface area contributed by atoms with Gasteiger partial charge >= 0.3 is 0 Å². The molecule has 0 spiro atoms. The first kappa shape index (κ1) is 15.2. The molecule has 0 bridgehead atoms. The van der Waals surface area contributed by atoms with Crippen LogP contribution in [0.5, 0.6) is 5.75 Å². The Morgan fingerprint density at radius 2 is 2.12 bits per heavy atom. The van der Waals surface area contributed by atoms with Gasteiger partial charge in [0, 0.05) is 19.1 Å². The van der Waals surface area contributed by atoms with Crippen LogP contribution in [0.15, 0.2) is 24.3 Å². The molecule has 3 nitrogen and oxygen atoms in total. The van der Waals surface area contributed by atoms with E-state index in [9.17, 15) is 0 Å². The zero-order valence-corrected chi connectivity index (χ0v) is 11.0. The molecule has 0 saturated carbocycles. The van der Waals surface area contributed by atoms with Gasteiger partial charge in [-0.25, -0.2) is 0 Å². The Kier molecular flexibility index (Phi) is 7.13. The minimum atomic E-state index is 0. The molecule has 16 heavy (non-hydrogen) atoms. The molecule has 0 radical (unpaired) electrons. The Morgan fingerprint density at radius 1 is 1.44 bits per heavy atom. The van der Waals surface area contributed by atoms with Gasteiger partial charge in [-0.3, -0.25) is 0 Å². The summed E-state index contributed by atoms with van der Waals surface area (Å²) < 4.78 is 5.17. The highest BCUT2D eigenvalue weighted by molar-refractivity contribution is 5.85. The Labute approximate surface area is 104 Å². The summed E-state index contributed by atoms with van der Waals surface area (Å²) >= 11 is 0. The quantitative estimate of drug-likeness (QED) is 0.860. The molecule has 0 amide bonds. The van der Waals surface area contributed by atoms with Gasteiger partial charge in [0.05, 0.1) is 7.11 Å². The second kappa shape index (κ2) is 7.49. The standard InChI is InChI=1S/C12H20N2O.ClH/c1-10(13)8-14(2)9-11-5-4-6-12(7-11)15-3;/h4-7,10H,8-9,13H2,1-3H3;1H. The van der Waals surface area contributed by atoms with Gasteiger partial charge in [0.2, 0.25) is 0 Å². The van der Waals surface area contributed by atoms with Gasteiger partial charge in [-0.1, -0.05) is 12.1 Å². The van der Waals surface area contributed by atoms with Crippen molar-refractivity contribution in [3.8, 4) is 5.75 Å². The molecular formula is C12H21ClN2O. The van der Waals surface area contributed by atoms with Crippen LogP contribution in [0.3, 0.4) is 0 Å². The molecule has 0 aliphatic rings. The first-order valence-electron chi connectivity index (χ1n) is 5.19. The molecule has 92 valence electrons. The monoisotopic (exact) mass is 244 g/mol. The SMILES string of the molecule is COc1cccc(CN(C)CC(C)N)c1.Cl. The fourth-order valence-electron chi connectivity index (χ4n) is 1.64. The Bertz CT molecular complexity index is 305.